The number of rotatable bonds is 2. The van der Waals surface area contributed by atoms with Gasteiger partial charge in [-0.1, -0.05) is 11.6 Å². The fourth-order valence-corrected chi connectivity index (χ4v) is 2.71. The Balaban J connectivity index is 1.99. The van der Waals surface area contributed by atoms with Crippen LogP contribution in [-0.2, 0) is 0 Å². The Morgan fingerprint density at radius 3 is 3.17 bits per heavy atom. The van der Waals surface area contributed by atoms with Crippen LogP contribution >= 0.6 is 23.3 Å². The number of fused-ring (bicyclic) bond motifs is 1. The Kier molecular flexibility index (Phi) is 3.05. The summed E-state index contributed by atoms with van der Waals surface area (Å²) in [5, 5.41) is 3.93. The molecule has 1 aliphatic rings. The Morgan fingerprint density at radius 2 is 2.33 bits per heavy atom. The molecule has 0 aliphatic carbocycles. The van der Waals surface area contributed by atoms with Crippen LogP contribution in [0.4, 0.5) is 5.69 Å². The highest BCUT2D eigenvalue weighted by Gasteiger charge is 2.18. The van der Waals surface area contributed by atoms with Crippen molar-refractivity contribution in [3.63, 3.8) is 0 Å². The molecule has 0 saturated heterocycles. The number of aliphatic imine (C=N–C) groups is 1. The summed E-state index contributed by atoms with van der Waals surface area (Å²) in [6.45, 7) is 4.80. The first kappa shape index (κ1) is 11.7. The maximum Gasteiger partial charge on any atom is 0.198 e. The molecule has 0 radical (unpaired) electrons. The molecule has 2 aromatic rings. The van der Waals surface area contributed by atoms with E-state index in [-0.39, 0.29) is 0 Å². The minimum Gasteiger partial charge on any atom is -0.341 e. The first-order valence-corrected chi connectivity index (χ1v) is 6.87. The lowest BCUT2D eigenvalue weighted by atomic mass is 10.2. The summed E-state index contributed by atoms with van der Waals surface area (Å²) >= 11 is 7.42. The molecule has 1 N–H and O–H groups in total. The van der Waals surface area contributed by atoms with Gasteiger partial charge in [0.1, 0.15) is 11.0 Å². The first-order chi connectivity index (χ1) is 8.79. The number of benzene rings is 1. The third kappa shape index (κ3) is 1.91. The van der Waals surface area contributed by atoms with E-state index in [9.17, 15) is 0 Å². The van der Waals surface area contributed by atoms with Crippen LogP contribution in [0.3, 0.4) is 0 Å². The third-order valence-electron chi connectivity index (χ3n) is 2.93. The fraction of sp³-hybridized carbons (Fsp3) is 0.364. The van der Waals surface area contributed by atoms with Crippen LogP contribution in [0, 0.1) is 0 Å². The Morgan fingerprint density at radius 1 is 1.44 bits per heavy atom. The van der Waals surface area contributed by atoms with Crippen molar-refractivity contribution in [3.05, 3.63) is 17.2 Å². The molecule has 94 valence electrons. The maximum absolute atomic E-state index is 6.23. The van der Waals surface area contributed by atoms with Gasteiger partial charge in [0.2, 0.25) is 0 Å². The molecule has 2 heterocycles. The van der Waals surface area contributed by atoms with Crippen LogP contribution in [0.1, 0.15) is 6.92 Å². The van der Waals surface area contributed by atoms with Gasteiger partial charge >= 0.3 is 0 Å². The number of nitrogens with one attached hydrogen (secondary N) is 1. The Labute approximate surface area is 114 Å². The van der Waals surface area contributed by atoms with Crippen LogP contribution in [0.25, 0.3) is 11.0 Å². The second-order valence-electron chi connectivity index (χ2n) is 3.96. The molecular weight excluding hydrogens is 270 g/mol. The average molecular weight is 282 g/mol. The van der Waals surface area contributed by atoms with Gasteiger partial charge in [-0.2, -0.15) is 8.75 Å². The summed E-state index contributed by atoms with van der Waals surface area (Å²) in [6, 6.07) is 3.71. The first-order valence-electron chi connectivity index (χ1n) is 5.77. The number of hydrogen-bond donors (Lipinski definition) is 1. The van der Waals surface area contributed by atoms with Crippen LogP contribution < -0.4 is 5.32 Å². The van der Waals surface area contributed by atoms with Gasteiger partial charge in [-0.15, -0.1) is 0 Å². The van der Waals surface area contributed by atoms with E-state index in [4.69, 9.17) is 11.6 Å². The van der Waals surface area contributed by atoms with Crippen molar-refractivity contribution in [3.8, 4) is 0 Å². The fourth-order valence-electron chi connectivity index (χ4n) is 1.97. The number of hydrogen-bond acceptors (Lipinski definition) is 6. The van der Waals surface area contributed by atoms with Crippen molar-refractivity contribution in [1.82, 2.24) is 13.6 Å². The zero-order chi connectivity index (χ0) is 12.5. The molecule has 0 fully saturated rings. The monoisotopic (exact) mass is 281 g/mol. The summed E-state index contributed by atoms with van der Waals surface area (Å²) < 4.78 is 8.50. The van der Waals surface area contributed by atoms with E-state index >= 15 is 0 Å². The van der Waals surface area contributed by atoms with Gasteiger partial charge in [0.05, 0.1) is 29.0 Å². The Bertz CT molecular complexity index is 608. The SMILES string of the molecule is CCN1CCN=C1Nc1c(Cl)ccc2nsnc12. The molecule has 0 unspecified atom stereocenters. The van der Waals surface area contributed by atoms with Gasteiger partial charge in [-0.25, -0.2) is 0 Å². The van der Waals surface area contributed by atoms with Crippen molar-refractivity contribution >= 4 is 46.0 Å². The van der Waals surface area contributed by atoms with Gasteiger partial charge in [0.15, 0.2) is 5.96 Å². The van der Waals surface area contributed by atoms with E-state index < -0.39 is 0 Å². The molecule has 7 heteroatoms. The largest absolute Gasteiger partial charge is 0.341 e. The van der Waals surface area contributed by atoms with Crippen molar-refractivity contribution in [2.75, 3.05) is 25.0 Å². The third-order valence-corrected chi connectivity index (χ3v) is 3.78. The Hall–Kier alpha value is -1.40. The molecule has 0 spiro atoms. The zero-order valence-corrected chi connectivity index (χ0v) is 11.4. The van der Waals surface area contributed by atoms with Gasteiger partial charge in [-0.05, 0) is 19.1 Å². The molecule has 18 heavy (non-hydrogen) atoms. The van der Waals surface area contributed by atoms with Crippen LogP contribution in [-0.4, -0.2) is 39.2 Å². The lowest BCUT2D eigenvalue weighted by Crippen LogP contribution is -2.32. The van der Waals surface area contributed by atoms with Crippen molar-refractivity contribution < 1.29 is 0 Å². The minimum absolute atomic E-state index is 0.640. The molecule has 0 saturated carbocycles. The van der Waals surface area contributed by atoms with Gasteiger partial charge in [-0.3, -0.25) is 4.99 Å². The van der Waals surface area contributed by atoms with Gasteiger partial charge in [0, 0.05) is 13.1 Å². The number of anilines is 1. The maximum atomic E-state index is 6.23. The van der Waals surface area contributed by atoms with E-state index in [1.54, 1.807) is 0 Å². The second kappa shape index (κ2) is 4.70. The number of aromatic nitrogens is 2. The van der Waals surface area contributed by atoms with Gasteiger partial charge < -0.3 is 10.2 Å². The molecule has 1 aromatic carbocycles. The van der Waals surface area contributed by atoms with Crippen molar-refractivity contribution in [2.24, 2.45) is 4.99 Å². The standard InChI is InChI=1S/C11H12ClN5S/c1-2-17-6-5-13-11(17)14-9-7(12)3-4-8-10(9)16-18-15-8/h3-4H,2,5-6H2,1H3,(H,13,14). The lowest BCUT2D eigenvalue weighted by molar-refractivity contribution is 0.482. The molecular formula is C11H12ClN5S. The highest BCUT2D eigenvalue weighted by molar-refractivity contribution is 7.00. The molecule has 0 atom stereocenters. The van der Waals surface area contributed by atoms with Crippen molar-refractivity contribution in [1.29, 1.82) is 0 Å². The van der Waals surface area contributed by atoms with Crippen LogP contribution in [0.15, 0.2) is 17.1 Å². The number of guanidine groups is 1. The highest BCUT2D eigenvalue weighted by Crippen LogP contribution is 2.30. The predicted octanol–water partition coefficient (Wildman–Crippen LogP) is 2.45. The normalized spacial score (nSPS) is 15.2. The smallest absolute Gasteiger partial charge is 0.198 e. The quantitative estimate of drug-likeness (QED) is 0.919. The predicted molar refractivity (Wildman–Crippen MR) is 75.6 cm³/mol. The molecule has 5 nitrogen and oxygen atoms in total. The number of likely N-dealkylation sites (N-methyl/N-ethyl adjacent to an activating group) is 1. The van der Waals surface area contributed by atoms with Gasteiger partial charge in [0.25, 0.3) is 0 Å². The summed E-state index contributed by atoms with van der Waals surface area (Å²) in [5.41, 5.74) is 2.45. The summed E-state index contributed by atoms with van der Waals surface area (Å²) in [4.78, 5) is 6.62. The van der Waals surface area contributed by atoms with Crippen LogP contribution in [0.5, 0.6) is 0 Å². The molecule has 0 amide bonds. The summed E-state index contributed by atoms with van der Waals surface area (Å²) in [5.74, 6) is 0.861. The highest BCUT2D eigenvalue weighted by atomic mass is 35.5. The molecule has 1 aliphatic heterocycles. The minimum atomic E-state index is 0.640. The van der Waals surface area contributed by atoms with E-state index in [1.165, 1.54) is 11.7 Å². The number of nitrogens with zero attached hydrogens (tertiary/aromatic N) is 4. The lowest BCUT2D eigenvalue weighted by Gasteiger charge is -2.19. The number of halogens is 1. The topological polar surface area (TPSA) is 53.4 Å². The zero-order valence-electron chi connectivity index (χ0n) is 9.85. The molecule has 3 rings (SSSR count). The van der Waals surface area contributed by atoms with Crippen molar-refractivity contribution in [2.45, 2.75) is 6.92 Å². The second-order valence-corrected chi connectivity index (χ2v) is 4.90. The summed E-state index contributed by atoms with van der Waals surface area (Å²) in [6.07, 6.45) is 0. The van der Waals surface area contributed by atoms with E-state index in [1.807, 2.05) is 12.1 Å². The molecule has 1 aromatic heterocycles. The van der Waals surface area contributed by atoms with E-state index in [2.05, 4.69) is 30.9 Å². The molecule has 0 bridgehead atoms. The summed E-state index contributed by atoms with van der Waals surface area (Å²) in [7, 11) is 0. The van der Waals surface area contributed by atoms with E-state index in [0.717, 1.165) is 42.3 Å². The van der Waals surface area contributed by atoms with E-state index in [0.29, 0.717) is 5.02 Å². The van der Waals surface area contributed by atoms with Crippen LogP contribution in [0.2, 0.25) is 5.02 Å². The average Bonchev–Trinajstić information content (AvgIpc) is 3.01.